The van der Waals surface area contributed by atoms with Crippen LogP contribution >= 0.6 is 31.9 Å². The Morgan fingerprint density at radius 2 is 1.52 bits per heavy atom. The predicted molar refractivity (Wildman–Crippen MR) is 176 cm³/mol. The van der Waals surface area contributed by atoms with E-state index in [1.165, 1.54) is 0 Å². The Balaban J connectivity index is 1.48. The van der Waals surface area contributed by atoms with E-state index in [-0.39, 0.29) is 24.1 Å². The normalized spacial score (nSPS) is 17.2. The van der Waals surface area contributed by atoms with Gasteiger partial charge in [0.15, 0.2) is 0 Å². The van der Waals surface area contributed by atoms with Crippen molar-refractivity contribution in [2.24, 2.45) is 5.73 Å². The summed E-state index contributed by atoms with van der Waals surface area (Å²) < 4.78 is 0.930. The summed E-state index contributed by atoms with van der Waals surface area (Å²) in [6.07, 6.45) is 5.53. The van der Waals surface area contributed by atoms with Gasteiger partial charge in [-0.3, -0.25) is 14.6 Å². The van der Waals surface area contributed by atoms with Crippen LogP contribution in [-0.4, -0.2) is 121 Å². The number of piperazine rings is 2. The fourth-order valence-corrected chi connectivity index (χ4v) is 6.69. The van der Waals surface area contributed by atoms with Gasteiger partial charge in [0.25, 0.3) is 0 Å². The highest BCUT2D eigenvalue weighted by Crippen LogP contribution is 2.33. The summed E-state index contributed by atoms with van der Waals surface area (Å²) >= 11 is 6.71. The van der Waals surface area contributed by atoms with Crippen molar-refractivity contribution in [3.8, 4) is 5.75 Å². The summed E-state index contributed by atoms with van der Waals surface area (Å²) in [6.45, 7) is 5.50. The minimum Gasteiger partial charge on any atom is -0.506 e. The zero-order valence-corrected chi connectivity index (χ0v) is 28.2. The van der Waals surface area contributed by atoms with Crippen molar-refractivity contribution in [1.29, 1.82) is 0 Å². The van der Waals surface area contributed by atoms with E-state index in [2.05, 4.69) is 57.3 Å². The summed E-state index contributed by atoms with van der Waals surface area (Å²) in [5, 5.41) is 16.1. The van der Waals surface area contributed by atoms with Crippen LogP contribution in [0.4, 0.5) is 10.5 Å². The molecule has 5 N–H and O–H groups in total. The molecule has 0 radical (unpaired) electrons. The number of nitrogens with two attached hydrogens (primary N) is 1. The lowest BCUT2D eigenvalue weighted by molar-refractivity contribution is -0.137. The predicted octanol–water partition coefficient (Wildman–Crippen LogP) is 2.14. The highest BCUT2D eigenvalue weighted by molar-refractivity contribution is 9.11. The van der Waals surface area contributed by atoms with E-state index in [9.17, 15) is 19.5 Å². The van der Waals surface area contributed by atoms with Gasteiger partial charge < -0.3 is 41.1 Å². The maximum absolute atomic E-state index is 13.9. The highest BCUT2D eigenvalue weighted by atomic mass is 79.9. The summed E-state index contributed by atoms with van der Waals surface area (Å²) in [4.78, 5) is 52.9. The fraction of sp³-hybridized carbons (Fsp3) is 0.533. The Morgan fingerprint density at radius 1 is 0.909 bits per heavy atom. The van der Waals surface area contributed by atoms with Crippen molar-refractivity contribution in [2.45, 2.75) is 37.8 Å². The zero-order valence-electron chi connectivity index (χ0n) is 25.1. The van der Waals surface area contributed by atoms with Gasteiger partial charge in [-0.25, -0.2) is 4.79 Å². The third kappa shape index (κ3) is 9.29. The van der Waals surface area contributed by atoms with Gasteiger partial charge in [0.05, 0.1) is 8.95 Å². The Kier molecular flexibility index (Phi) is 12.6. The first-order valence-corrected chi connectivity index (χ1v) is 16.6. The number of halogens is 2. The highest BCUT2D eigenvalue weighted by Gasteiger charge is 2.32. The third-order valence-corrected chi connectivity index (χ3v) is 9.31. The molecule has 0 aliphatic carbocycles. The Labute approximate surface area is 275 Å². The average Bonchev–Trinajstić information content (AvgIpc) is 3.03. The number of amides is 4. The molecule has 1 aromatic heterocycles. The van der Waals surface area contributed by atoms with E-state index < -0.39 is 18.0 Å². The van der Waals surface area contributed by atoms with Gasteiger partial charge in [0.2, 0.25) is 11.8 Å². The Morgan fingerprint density at radius 3 is 2.14 bits per heavy atom. The van der Waals surface area contributed by atoms with Gasteiger partial charge in [-0.05, 0) is 94.5 Å². The van der Waals surface area contributed by atoms with Crippen LogP contribution in [0.25, 0.3) is 0 Å². The van der Waals surface area contributed by atoms with Crippen LogP contribution in [0.1, 0.15) is 24.8 Å². The minimum atomic E-state index is -0.946. The number of hydrogen-bond donors (Lipinski definition) is 4. The average molecular weight is 739 g/mol. The molecule has 3 heterocycles. The van der Waals surface area contributed by atoms with Crippen LogP contribution in [0.2, 0.25) is 0 Å². The second-order valence-corrected chi connectivity index (χ2v) is 13.0. The number of phenols is 1. The molecule has 2 aliphatic heterocycles. The number of urea groups is 1. The zero-order chi connectivity index (χ0) is 31.6. The molecule has 12 nitrogen and oxygen atoms in total. The molecule has 14 heteroatoms. The van der Waals surface area contributed by atoms with Crippen molar-refractivity contribution in [2.75, 3.05) is 70.9 Å². The molecule has 2 saturated heterocycles. The summed E-state index contributed by atoms with van der Waals surface area (Å²) in [7, 11) is 2.01. The fourth-order valence-electron chi connectivity index (χ4n) is 5.41. The number of nitrogens with zero attached hydrogens (tertiary/aromatic N) is 5. The number of phenolic OH excluding ortho intramolecular Hbond substituents is 1. The van der Waals surface area contributed by atoms with E-state index in [1.54, 1.807) is 34.3 Å². The summed E-state index contributed by atoms with van der Waals surface area (Å²) in [6, 6.07) is 5.32. The van der Waals surface area contributed by atoms with Crippen LogP contribution in [0.5, 0.6) is 5.75 Å². The second kappa shape index (κ2) is 16.4. The van der Waals surface area contributed by atoms with Gasteiger partial charge in [-0.15, -0.1) is 0 Å². The Bertz CT molecular complexity index is 1250. The summed E-state index contributed by atoms with van der Waals surface area (Å²) in [5.74, 6) is -0.524. The number of nitrogens with one attached hydrogen (secondary N) is 2. The maximum atomic E-state index is 13.9. The standard InChI is InChI=1S/C30H42Br2N8O4/c1-37-10-12-40(13-11-37)30(44)36-26(20-21-18-23(31)27(41)24(32)19-21)28(42)35-25(4-2-3-7-33)29(43)39-16-14-38(15-17-39)22-5-8-34-9-6-22/h5-6,8-9,18-19,25-26,41H,2-4,7,10-17,20,33H2,1H3,(H,35,42)(H,36,44)/t25-,26+/m0/s1. The monoisotopic (exact) mass is 736 g/mol. The molecule has 240 valence electrons. The molecule has 2 aromatic rings. The largest absolute Gasteiger partial charge is 0.506 e. The number of carbonyl (C=O) groups excluding carboxylic acids is 3. The first kappa shape index (κ1) is 33.9. The molecule has 2 aliphatic rings. The van der Waals surface area contributed by atoms with Gasteiger partial charge in [0, 0.05) is 76.9 Å². The van der Waals surface area contributed by atoms with Crippen LogP contribution in [0, 0.1) is 0 Å². The van der Waals surface area contributed by atoms with Gasteiger partial charge in [-0.2, -0.15) is 0 Å². The number of anilines is 1. The van der Waals surface area contributed by atoms with Crippen LogP contribution in [0.15, 0.2) is 45.6 Å². The molecule has 1 aromatic carbocycles. The first-order valence-electron chi connectivity index (χ1n) is 15.0. The molecular formula is C30H42Br2N8O4. The molecule has 0 saturated carbocycles. The van der Waals surface area contributed by atoms with Gasteiger partial charge >= 0.3 is 6.03 Å². The number of aromatic nitrogens is 1. The van der Waals surface area contributed by atoms with Crippen LogP contribution in [0.3, 0.4) is 0 Å². The number of carbonyl (C=O) groups is 3. The lowest BCUT2D eigenvalue weighted by Gasteiger charge is -2.38. The maximum Gasteiger partial charge on any atom is 0.318 e. The number of rotatable bonds is 11. The molecule has 0 spiro atoms. The molecule has 4 rings (SSSR count). The number of hydrogen-bond acceptors (Lipinski definition) is 8. The quantitative estimate of drug-likeness (QED) is 0.257. The van der Waals surface area contributed by atoms with E-state index in [0.717, 1.165) is 30.8 Å². The number of likely N-dealkylation sites (N-methyl/N-ethyl adjacent to an activating group) is 1. The topological polar surface area (TPSA) is 147 Å². The third-order valence-electron chi connectivity index (χ3n) is 8.10. The van der Waals surface area contributed by atoms with E-state index in [0.29, 0.717) is 67.6 Å². The van der Waals surface area contributed by atoms with Crippen molar-refractivity contribution >= 4 is 55.4 Å². The number of benzene rings is 1. The van der Waals surface area contributed by atoms with E-state index in [1.807, 2.05) is 19.2 Å². The van der Waals surface area contributed by atoms with Crippen molar-refractivity contribution < 1.29 is 19.5 Å². The van der Waals surface area contributed by atoms with Crippen LogP contribution in [-0.2, 0) is 16.0 Å². The molecule has 2 fully saturated rings. The molecule has 0 unspecified atom stereocenters. The molecule has 44 heavy (non-hydrogen) atoms. The van der Waals surface area contributed by atoms with Crippen molar-refractivity contribution in [3.05, 3.63) is 51.2 Å². The SMILES string of the molecule is CN1CCN(C(=O)N[C@H](Cc2cc(Br)c(O)c(Br)c2)C(=O)N[C@@H](CCCCN)C(=O)N2CCN(c3ccncc3)CC2)CC1. The minimum absolute atomic E-state index is 0.0471. The van der Waals surface area contributed by atoms with Crippen LogP contribution < -0.4 is 21.3 Å². The summed E-state index contributed by atoms with van der Waals surface area (Å²) in [5.41, 5.74) is 7.52. The number of aromatic hydroxyl groups is 1. The molecule has 2 atom stereocenters. The lowest BCUT2D eigenvalue weighted by Crippen LogP contribution is -2.59. The number of unbranched alkanes of at least 4 members (excludes halogenated alkanes) is 1. The van der Waals surface area contributed by atoms with Crippen molar-refractivity contribution in [1.82, 2.24) is 30.3 Å². The molecule has 4 amide bonds. The van der Waals surface area contributed by atoms with Gasteiger partial charge in [-0.1, -0.05) is 0 Å². The van der Waals surface area contributed by atoms with E-state index >= 15 is 0 Å². The lowest BCUT2D eigenvalue weighted by atomic mass is 10.0. The smallest absolute Gasteiger partial charge is 0.318 e. The van der Waals surface area contributed by atoms with E-state index in [4.69, 9.17) is 5.73 Å². The molecular weight excluding hydrogens is 696 g/mol. The van der Waals surface area contributed by atoms with Crippen molar-refractivity contribution in [3.63, 3.8) is 0 Å². The number of pyridine rings is 1. The molecule has 0 bridgehead atoms. The second-order valence-electron chi connectivity index (χ2n) is 11.3. The Hall–Kier alpha value is -2.94. The first-order chi connectivity index (χ1) is 21.2. The van der Waals surface area contributed by atoms with Gasteiger partial charge in [0.1, 0.15) is 17.8 Å².